The van der Waals surface area contributed by atoms with E-state index in [2.05, 4.69) is 116 Å². The summed E-state index contributed by atoms with van der Waals surface area (Å²) in [6.45, 7) is 19.1. The second-order valence-electron chi connectivity index (χ2n) is 15.4. The van der Waals surface area contributed by atoms with Crippen molar-refractivity contribution < 1.29 is 27.9 Å². The lowest BCUT2D eigenvalue weighted by Gasteiger charge is -2.44. The monoisotopic (exact) mass is 732 g/mol. The Kier molecular flexibility index (Phi) is 15.3. The summed E-state index contributed by atoms with van der Waals surface area (Å²) < 4.78 is 32.6. The Morgan fingerprint density at radius 3 is 1.92 bits per heavy atom. The highest BCUT2D eigenvalue weighted by Crippen LogP contribution is 2.38. The van der Waals surface area contributed by atoms with Crippen molar-refractivity contribution in [1.29, 1.82) is 0 Å². The molecule has 0 bridgehead atoms. The van der Waals surface area contributed by atoms with E-state index in [9.17, 15) is 4.79 Å². The smallest absolute Gasteiger partial charge is 0.261 e. The zero-order chi connectivity index (χ0) is 37.1. The van der Waals surface area contributed by atoms with Crippen molar-refractivity contribution in [2.45, 2.75) is 123 Å². The molecule has 1 saturated heterocycles. The number of ketones is 1. The number of Topliss-reactive ketones (excluding diaryl/α,β-unsaturated/α-hetero) is 1. The van der Waals surface area contributed by atoms with Crippen molar-refractivity contribution in [2.24, 2.45) is 11.8 Å². The van der Waals surface area contributed by atoms with Crippen LogP contribution in [0.15, 0.2) is 84.9 Å². The summed E-state index contributed by atoms with van der Waals surface area (Å²) in [5.74, 6) is 1.52. The van der Waals surface area contributed by atoms with E-state index in [1.807, 2.05) is 24.3 Å². The lowest BCUT2D eigenvalue weighted by atomic mass is 9.86. The fraction of sp³-hybridized carbons (Fsp3) is 0.558. The minimum Gasteiger partial charge on any atom is -0.497 e. The first kappa shape index (κ1) is 41.2. The molecule has 51 heavy (non-hydrogen) atoms. The molecule has 6 nitrogen and oxygen atoms in total. The Bertz CT molecular complexity index is 1410. The number of hydrogen-bond donors (Lipinski definition) is 0. The fourth-order valence-corrected chi connectivity index (χ4v) is 15.3. The van der Waals surface area contributed by atoms with Gasteiger partial charge < -0.3 is 23.1 Å². The summed E-state index contributed by atoms with van der Waals surface area (Å²) in [7, 11) is -3.16. The van der Waals surface area contributed by atoms with Crippen LogP contribution in [0.1, 0.15) is 92.9 Å². The number of methoxy groups -OCH3 is 1. The summed E-state index contributed by atoms with van der Waals surface area (Å²) >= 11 is 0. The number of ether oxygens (including phenoxy) is 3. The molecule has 0 spiro atoms. The van der Waals surface area contributed by atoms with E-state index < -0.39 is 22.9 Å². The Morgan fingerprint density at radius 1 is 0.863 bits per heavy atom. The maximum Gasteiger partial charge on any atom is 0.261 e. The van der Waals surface area contributed by atoms with Gasteiger partial charge in [0.1, 0.15) is 11.5 Å². The average Bonchev–Trinajstić information content (AvgIpc) is 3.16. The molecule has 0 radical (unpaired) electrons. The standard InChI is InChI=1S/C43H64O6Si2/c1-10-34-31-46-42(35-25-28-37(45-9)29-26-35)48-41(34)33(5)24-27-36(44)30-38(49-50(11-2,12-3)13-4)32-47-51(43(6,7)8,39-20-16-14-17-21-39)40-22-18-15-19-23-40/h14-23,25-26,28-29,33-34,38,41-42H,10-13,24,27,30-32H2,1-9H3/t33-,34-,38+,41-,42?/m1/s1. The molecule has 3 aromatic carbocycles. The average molecular weight is 733 g/mol. The van der Waals surface area contributed by atoms with Gasteiger partial charge in [-0.15, -0.1) is 0 Å². The minimum absolute atomic E-state index is 0.00881. The minimum atomic E-state index is -2.79. The molecule has 0 aromatic heterocycles. The van der Waals surface area contributed by atoms with E-state index in [0.29, 0.717) is 26.1 Å². The molecule has 8 heteroatoms. The Balaban J connectivity index is 1.52. The van der Waals surface area contributed by atoms with Gasteiger partial charge in [0.2, 0.25) is 0 Å². The van der Waals surface area contributed by atoms with Crippen LogP contribution >= 0.6 is 0 Å². The zero-order valence-electron chi connectivity index (χ0n) is 32.8. The molecular formula is C43H64O6Si2. The summed E-state index contributed by atoms with van der Waals surface area (Å²) in [5, 5.41) is 2.32. The van der Waals surface area contributed by atoms with Crippen LogP contribution in [0.3, 0.4) is 0 Å². The molecule has 1 heterocycles. The van der Waals surface area contributed by atoms with E-state index in [1.54, 1.807) is 7.11 Å². The van der Waals surface area contributed by atoms with Crippen LogP contribution in [-0.2, 0) is 23.1 Å². The van der Waals surface area contributed by atoms with E-state index in [-0.39, 0.29) is 34.9 Å². The Labute approximate surface area is 310 Å². The topological polar surface area (TPSA) is 63.2 Å². The van der Waals surface area contributed by atoms with Crippen LogP contribution < -0.4 is 15.1 Å². The van der Waals surface area contributed by atoms with E-state index >= 15 is 0 Å². The Morgan fingerprint density at radius 2 is 1.43 bits per heavy atom. The van der Waals surface area contributed by atoms with E-state index in [1.165, 1.54) is 10.4 Å². The van der Waals surface area contributed by atoms with Crippen LogP contribution in [0, 0.1) is 11.8 Å². The van der Waals surface area contributed by atoms with Crippen molar-refractivity contribution in [3.8, 4) is 5.75 Å². The molecule has 1 fully saturated rings. The van der Waals surface area contributed by atoms with Gasteiger partial charge in [0.05, 0.1) is 32.5 Å². The van der Waals surface area contributed by atoms with Crippen molar-refractivity contribution in [3.05, 3.63) is 90.5 Å². The molecule has 280 valence electrons. The summed E-state index contributed by atoms with van der Waals surface area (Å²) in [6, 6.07) is 32.4. The van der Waals surface area contributed by atoms with Gasteiger partial charge in [-0.2, -0.15) is 0 Å². The highest BCUT2D eigenvalue weighted by atomic mass is 28.4. The molecule has 0 aliphatic carbocycles. The molecule has 0 amide bonds. The largest absolute Gasteiger partial charge is 0.497 e. The normalized spacial score (nSPS) is 19.7. The van der Waals surface area contributed by atoms with E-state index in [0.717, 1.165) is 42.3 Å². The molecular weight excluding hydrogens is 669 g/mol. The first-order chi connectivity index (χ1) is 24.5. The quantitative estimate of drug-likeness (QED) is 0.115. The molecule has 0 N–H and O–H groups in total. The van der Waals surface area contributed by atoms with Gasteiger partial charge in [-0.3, -0.25) is 4.79 Å². The predicted molar refractivity (Wildman–Crippen MR) is 214 cm³/mol. The van der Waals surface area contributed by atoms with E-state index in [4.69, 9.17) is 23.1 Å². The molecule has 4 rings (SSSR count). The summed E-state index contributed by atoms with van der Waals surface area (Å²) in [4.78, 5) is 14.0. The highest BCUT2D eigenvalue weighted by molar-refractivity contribution is 6.99. The van der Waals surface area contributed by atoms with Gasteiger partial charge in [-0.05, 0) is 64.4 Å². The zero-order valence-corrected chi connectivity index (χ0v) is 34.8. The van der Waals surface area contributed by atoms with Crippen molar-refractivity contribution in [2.75, 3.05) is 20.3 Å². The van der Waals surface area contributed by atoms with Crippen molar-refractivity contribution >= 4 is 32.8 Å². The third-order valence-electron chi connectivity index (χ3n) is 11.3. The molecule has 1 aliphatic rings. The number of benzene rings is 3. The van der Waals surface area contributed by atoms with Crippen LogP contribution in [0.5, 0.6) is 5.75 Å². The second-order valence-corrected chi connectivity index (χ2v) is 24.5. The second kappa shape index (κ2) is 18.9. The number of carbonyl (C=O) groups is 1. The summed E-state index contributed by atoms with van der Waals surface area (Å²) in [6.07, 6.45) is 1.87. The van der Waals surface area contributed by atoms with Gasteiger partial charge in [-0.1, -0.05) is 128 Å². The molecule has 1 unspecified atom stereocenters. The summed E-state index contributed by atoms with van der Waals surface area (Å²) in [5.41, 5.74) is 0.981. The van der Waals surface area contributed by atoms with Gasteiger partial charge in [0.15, 0.2) is 14.6 Å². The molecule has 1 aliphatic heterocycles. The van der Waals surface area contributed by atoms with Crippen LogP contribution in [0.4, 0.5) is 0 Å². The molecule has 5 atom stereocenters. The van der Waals surface area contributed by atoms with Crippen LogP contribution in [0.25, 0.3) is 0 Å². The SMILES string of the molecule is CC[C@@H]1COC(c2ccc(OC)cc2)O[C@@H]1[C@H](C)CCC(=O)C[C@@H](CO[Si](c1ccccc1)(c1ccccc1)C(C)(C)C)O[Si](CC)(CC)CC. The third-order valence-corrected chi connectivity index (χ3v) is 21.0. The molecule has 3 aromatic rings. The lowest BCUT2D eigenvalue weighted by Crippen LogP contribution is -2.67. The fourth-order valence-electron chi connectivity index (χ4n) is 7.86. The lowest BCUT2D eigenvalue weighted by molar-refractivity contribution is -0.253. The number of rotatable bonds is 19. The number of hydrogen-bond acceptors (Lipinski definition) is 6. The van der Waals surface area contributed by atoms with Crippen molar-refractivity contribution in [1.82, 2.24) is 0 Å². The predicted octanol–water partition coefficient (Wildman–Crippen LogP) is 9.48. The van der Waals surface area contributed by atoms with Gasteiger partial charge in [0, 0.05) is 24.3 Å². The van der Waals surface area contributed by atoms with Gasteiger partial charge >= 0.3 is 0 Å². The van der Waals surface area contributed by atoms with Crippen LogP contribution in [-0.4, -0.2) is 54.9 Å². The third kappa shape index (κ3) is 10.1. The number of carbonyl (C=O) groups excluding carboxylic acids is 1. The molecule has 0 saturated carbocycles. The highest BCUT2D eigenvalue weighted by Gasteiger charge is 2.50. The van der Waals surface area contributed by atoms with Gasteiger partial charge in [0.25, 0.3) is 8.32 Å². The van der Waals surface area contributed by atoms with Crippen LogP contribution in [0.2, 0.25) is 23.2 Å². The van der Waals surface area contributed by atoms with Gasteiger partial charge in [-0.25, -0.2) is 0 Å². The maximum atomic E-state index is 14.0. The maximum absolute atomic E-state index is 14.0. The first-order valence-electron chi connectivity index (χ1n) is 19.3. The van der Waals surface area contributed by atoms with Crippen molar-refractivity contribution in [3.63, 3.8) is 0 Å². The Hall–Kier alpha value is -2.60. The first-order valence-corrected chi connectivity index (χ1v) is 23.7.